The second-order valence-electron chi connectivity index (χ2n) is 5.47. The van der Waals surface area contributed by atoms with Crippen molar-refractivity contribution in [3.63, 3.8) is 0 Å². The maximum absolute atomic E-state index is 12.8. The zero-order valence-corrected chi connectivity index (χ0v) is 12.9. The number of rotatable bonds is 5. The SMILES string of the molecule is C=C(C(=O)c1ccccc1)C(c1ccccc1)c1ccccc1. The Hall–Kier alpha value is -2.93. The number of carbonyl (C=O) groups excluding carboxylic acids is 1. The molecule has 0 bridgehead atoms. The minimum atomic E-state index is -0.134. The Kier molecular flexibility index (Phi) is 4.49. The van der Waals surface area contributed by atoms with Gasteiger partial charge in [-0.3, -0.25) is 4.79 Å². The van der Waals surface area contributed by atoms with Gasteiger partial charge in [0.1, 0.15) is 0 Å². The van der Waals surface area contributed by atoms with E-state index < -0.39 is 0 Å². The molecular weight excluding hydrogens is 280 g/mol. The standard InChI is InChI=1S/C22H18O/c1-17(22(23)20-15-9-4-10-16-20)21(18-11-5-2-6-12-18)19-13-7-3-8-14-19/h2-16,21H,1H2. The van der Waals surface area contributed by atoms with Gasteiger partial charge in [0.05, 0.1) is 0 Å². The van der Waals surface area contributed by atoms with Crippen LogP contribution in [0.5, 0.6) is 0 Å². The highest BCUT2D eigenvalue weighted by molar-refractivity contribution is 6.09. The molecule has 0 fully saturated rings. The third-order valence-electron chi connectivity index (χ3n) is 3.94. The molecule has 0 radical (unpaired) electrons. The molecule has 0 spiro atoms. The average Bonchev–Trinajstić information content (AvgIpc) is 2.64. The molecule has 0 amide bonds. The summed E-state index contributed by atoms with van der Waals surface area (Å²) in [5, 5.41) is 0. The van der Waals surface area contributed by atoms with Crippen molar-refractivity contribution in [3.8, 4) is 0 Å². The van der Waals surface area contributed by atoms with E-state index in [1.54, 1.807) is 0 Å². The zero-order valence-electron chi connectivity index (χ0n) is 12.9. The van der Waals surface area contributed by atoms with Crippen molar-refractivity contribution >= 4 is 5.78 Å². The molecule has 1 nitrogen and oxygen atoms in total. The van der Waals surface area contributed by atoms with Crippen molar-refractivity contribution in [2.45, 2.75) is 5.92 Å². The average molecular weight is 298 g/mol. The first-order valence-electron chi connectivity index (χ1n) is 7.66. The van der Waals surface area contributed by atoms with Crippen LogP contribution in [-0.2, 0) is 0 Å². The van der Waals surface area contributed by atoms with Gasteiger partial charge < -0.3 is 0 Å². The number of Topliss-reactive ketones (excluding diaryl/α,β-unsaturated/α-hetero) is 1. The van der Waals surface area contributed by atoms with Crippen LogP contribution in [-0.4, -0.2) is 5.78 Å². The lowest BCUT2D eigenvalue weighted by atomic mass is 9.82. The summed E-state index contributed by atoms with van der Waals surface area (Å²) >= 11 is 0. The van der Waals surface area contributed by atoms with E-state index in [-0.39, 0.29) is 11.7 Å². The highest BCUT2D eigenvalue weighted by Gasteiger charge is 2.23. The lowest BCUT2D eigenvalue weighted by Gasteiger charge is -2.20. The van der Waals surface area contributed by atoms with E-state index in [1.165, 1.54) is 0 Å². The fourth-order valence-electron chi connectivity index (χ4n) is 2.79. The van der Waals surface area contributed by atoms with E-state index in [4.69, 9.17) is 0 Å². The Morgan fingerprint density at radius 3 is 1.48 bits per heavy atom. The molecule has 1 heteroatoms. The normalized spacial score (nSPS) is 10.5. The van der Waals surface area contributed by atoms with Crippen LogP contribution in [0.4, 0.5) is 0 Å². The smallest absolute Gasteiger partial charge is 0.189 e. The second kappa shape index (κ2) is 6.89. The summed E-state index contributed by atoms with van der Waals surface area (Å²) in [4.78, 5) is 12.8. The molecule has 0 atom stereocenters. The molecule has 0 aliphatic heterocycles. The lowest BCUT2D eigenvalue weighted by Crippen LogP contribution is -2.12. The summed E-state index contributed by atoms with van der Waals surface area (Å²) < 4.78 is 0. The molecule has 0 heterocycles. The van der Waals surface area contributed by atoms with Crippen molar-refractivity contribution in [3.05, 3.63) is 120 Å². The largest absolute Gasteiger partial charge is 0.289 e. The van der Waals surface area contributed by atoms with Gasteiger partial charge in [0, 0.05) is 17.1 Å². The quantitative estimate of drug-likeness (QED) is 0.464. The molecule has 3 rings (SSSR count). The van der Waals surface area contributed by atoms with Gasteiger partial charge in [-0.15, -0.1) is 0 Å². The van der Waals surface area contributed by atoms with Crippen LogP contribution in [0.3, 0.4) is 0 Å². The van der Waals surface area contributed by atoms with E-state index in [9.17, 15) is 4.79 Å². The third kappa shape index (κ3) is 3.29. The van der Waals surface area contributed by atoms with E-state index in [0.717, 1.165) is 11.1 Å². The molecule has 0 saturated heterocycles. The molecule has 0 aromatic heterocycles. The summed E-state index contributed by atoms with van der Waals surface area (Å²) in [7, 11) is 0. The summed E-state index contributed by atoms with van der Waals surface area (Å²) in [6, 6.07) is 29.4. The van der Waals surface area contributed by atoms with E-state index >= 15 is 0 Å². The molecular formula is C22H18O. The Morgan fingerprint density at radius 1 is 0.652 bits per heavy atom. The fourth-order valence-corrected chi connectivity index (χ4v) is 2.79. The number of carbonyl (C=O) groups is 1. The zero-order chi connectivity index (χ0) is 16.1. The fraction of sp³-hybridized carbons (Fsp3) is 0.0455. The Balaban J connectivity index is 2.02. The summed E-state index contributed by atoms with van der Waals surface area (Å²) in [6.45, 7) is 4.13. The van der Waals surface area contributed by atoms with Gasteiger partial charge in [-0.25, -0.2) is 0 Å². The molecule has 0 saturated carbocycles. The summed E-state index contributed by atoms with van der Waals surface area (Å²) in [5.41, 5.74) is 3.42. The highest BCUT2D eigenvalue weighted by atomic mass is 16.1. The maximum atomic E-state index is 12.8. The number of hydrogen-bond acceptors (Lipinski definition) is 1. The van der Waals surface area contributed by atoms with Crippen LogP contribution in [0.2, 0.25) is 0 Å². The molecule has 0 N–H and O–H groups in total. The molecule has 3 aromatic rings. The number of benzene rings is 3. The summed E-state index contributed by atoms with van der Waals surface area (Å²) in [6.07, 6.45) is 0. The van der Waals surface area contributed by atoms with Crippen LogP contribution < -0.4 is 0 Å². The van der Waals surface area contributed by atoms with Crippen molar-refractivity contribution in [1.29, 1.82) is 0 Å². The molecule has 3 aromatic carbocycles. The second-order valence-corrected chi connectivity index (χ2v) is 5.47. The molecule has 23 heavy (non-hydrogen) atoms. The van der Waals surface area contributed by atoms with Crippen LogP contribution in [0, 0.1) is 0 Å². The topological polar surface area (TPSA) is 17.1 Å². The predicted molar refractivity (Wildman–Crippen MR) is 94.6 cm³/mol. The Morgan fingerprint density at radius 2 is 1.04 bits per heavy atom. The molecule has 112 valence electrons. The maximum Gasteiger partial charge on any atom is 0.189 e. The van der Waals surface area contributed by atoms with Crippen LogP contribution in [0.25, 0.3) is 0 Å². The van der Waals surface area contributed by atoms with Gasteiger partial charge in [0.15, 0.2) is 5.78 Å². The van der Waals surface area contributed by atoms with Gasteiger partial charge in [0.25, 0.3) is 0 Å². The molecule has 0 aliphatic carbocycles. The van der Waals surface area contributed by atoms with Gasteiger partial charge in [0.2, 0.25) is 0 Å². The van der Waals surface area contributed by atoms with Gasteiger partial charge in [-0.05, 0) is 11.1 Å². The number of hydrogen-bond donors (Lipinski definition) is 0. The third-order valence-corrected chi connectivity index (χ3v) is 3.94. The lowest BCUT2D eigenvalue weighted by molar-refractivity contribution is 0.103. The highest BCUT2D eigenvalue weighted by Crippen LogP contribution is 2.32. The number of ketones is 1. The first-order chi connectivity index (χ1) is 11.3. The van der Waals surface area contributed by atoms with Crippen LogP contribution >= 0.6 is 0 Å². The minimum absolute atomic E-state index is 0.0108. The van der Waals surface area contributed by atoms with E-state index in [0.29, 0.717) is 11.1 Å². The van der Waals surface area contributed by atoms with Gasteiger partial charge in [-0.2, -0.15) is 0 Å². The Labute approximate surface area is 136 Å². The first kappa shape index (κ1) is 15.0. The predicted octanol–water partition coefficient (Wildman–Crippen LogP) is 5.26. The molecule has 0 aliphatic rings. The monoisotopic (exact) mass is 298 g/mol. The minimum Gasteiger partial charge on any atom is -0.289 e. The first-order valence-corrected chi connectivity index (χ1v) is 7.66. The van der Waals surface area contributed by atoms with Crippen molar-refractivity contribution in [2.75, 3.05) is 0 Å². The Bertz CT molecular complexity index is 750. The van der Waals surface area contributed by atoms with Crippen molar-refractivity contribution < 1.29 is 4.79 Å². The summed E-state index contributed by atoms with van der Waals surface area (Å²) in [5.74, 6) is -0.145. The molecule has 0 unspecified atom stereocenters. The van der Waals surface area contributed by atoms with Crippen molar-refractivity contribution in [1.82, 2.24) is 0 Å². The number of allylic oxidation sites excluding steroid dienone is 1. The van der Waals surface area contributed by atoms with Gasteiger partial charge in [-0.1, -0.05) is 97.6 Å². The van der Waals surface area contributed by atoms with E-state index in [1.807, 2.05) is 91.0 Å². The van der Waals surface area contributed by atoms with E-state index in [2.05, 4.69) is 6.58 Å². The van der Waals surface area contributed by atoms with Gasteiger partial charge >= 0.3 is 0 Å². The van der Waals surface area contributed by atoms with Crippen LogP contribution in [0.15, 0.2) is 103 Å². The van der Waals surface area contributed by atoms with Crippen LogP contribution in [0.1, 0.15) is 27.4 Å². The van der Waals surface area contributed by atoms with Crippen molar-refractivity contribution in [2.24, 2.45) is 0 Å².